The van der Waals surface area contributed by atoms with Gasteiger partial charge in [0.2, 0.25) is 0 Å². The summed E-state index contributed by atoms with van der Waals surface area (Å²) in [6, 6.07) is 0.0932. The lowest BCUT2D eigenvalue weighted by Crippen LogP contribution is -2.50. The van der Waals surface area contributed by atoms with Gasteiger partial charge in [-0.2, -0.15) is 17.4 Å². The summed E-state index contributed by atoms with van der Waals surface area (Å²) in [5, 5.41) is 9.18. The van der Waals surface area contributed by atoms with Gasteiger partial charge in [0.05, 0.1) is 0 Å². The number of piperidine rings is 1. The fraction of sp³-hybridized carbons (Fsp3) is 1.00. The molecule has 0 aromatic heterocycles. The average molecular weight is 290 g/mol. The first-order valence-electron chi connectivity index (χ1n) is 7.39. The van der Waals surface area contributed by atoms with Crippen LogP contribution in [-0.4, -0.2) is 43.6 Å². The highest BCUT2D eigenvalue weighted by Crippen LogP contribution is 2.25. The molecule has 1 saturated carbocycles. The van der Waals surface area contributed by atoms with Gasteiger partial charge in [-0.15, -0.1) is 0 Å². The maximum absolute atomic E-state index is 12.3. The zero-order valence-electron chi connectivity index (χ0n) is 11.7. The summed E-state index contributed by atoms with van der Waals surface area (Å²) < 4.78 is 29.0. The lowest BCUT2D eigenvalue weighted by molar-refractivity contribution is 0.164. The van der Waals surface area contributed by atoms with E-state index in [2.05, 4.69) is 11.6 Å². The van der Waals surface area contributed by atoms with E-state index in [1.165, 1.54) is 4.31 Å². The molecule has 1 saturated heterocycles. The molecule has 6 heteroatoms. The zero-order valence-corrected chi connectivity index (χ0v) is 12.5. The molecule has 1 unspecified atom stereocenters. The van der Waals surface area contributed by atoms with Gasteiger partial charge in [-0.3, -0.25) is 0 Å². The predicted octanol–water partition coefficient (Wildman–Crippen LogP) is 1.10. The van der Waals surface area contributed by atoms with Crippen LogP contribution in [0.3, 0.4) is 0 Å². The molecule has 1 atom stereocenters. The van der Waals surface area contributed by atoms with E-state index >= 15 is 0 Å². The lowest BCUT2D eigenvalue weighted by Gasteiger charge is -2.33. The van der Waals surface area contributed by atoms with Crippen molar-refractivity contribution >= 4 is 10.2 Å². The van der Waals surface area contributed by atoms with E-state index in [1.807, 2.05) is 0 Å². The molecule has 2 N–H and O–H groups in total. The molecule has 0 spiro atoms. The molecule has 19 heavy (non-hydrogen) atoms. The molecule has 2 fully saturated rings. The summed E-state index contributed by atoms with van der Waals surface area (Å²) in [5.41, 5.74) is 0. The Kier molecular flexibility index (Phi) is 5.22. The van der Waals surface area contributed by atoms with Crippen LogP contribution in [0.1, 0.15) is 45.4 Å². The summed E-state index contributed by atoms with van der Waals surface area (Å²) in [6.07, 6.45) is 5.85. The Morgan fingerprint density at radius 2 is 1.89 bits per heavy atom. The van der Waals surface area contributed by atoms with Gasteiger partial charge in [-0.05, 0) is 50.4 Å². The third-order valence-electron chi connectivity index (χ3n) is 4.41. The van der Waals surface area contributed by atoms with Crippen molar-refractivity contribution in [1.82, 2.24) is 9.03 Å². The van der Waals surface area contributed by atoms with Crippen molar-refractivity contribution in [2.24, 2.45) is 11.8 Å². The van der Waals surface area contributed by atoms with Gasteiger partial charge in [0.15, 0.2) is 0 Å². The fourth-order valence-corrected chi connectivity index (χ4v) is 4.64. The smallest absolute Gasteiger partial charge is 0.279 e. The summed E-state index contributed by atoms with van der Waals surface area (Å²) in [5.74, 6) is 0.811. The minimum Gasteiger partial charge on any atom is -0.396 e. The topological polar surface area (TPSA) is 69.6 Å². The first-order valence-corrected chi connectivity index (χ1v) is 8.83. The van der Waals surface area contributed by atoms with Gasteiger partial charge in [-0.1, -0.05) is 6.92 Å². The Balaban J connectivity index is 1.90. The van der Waals surface area contributed by atoms with Crippen LogP contribution in [0.2, 0.25) is 0 Å². The van der Waals surface area contributed by atoms with Crippen molar-refractivity contribution in [3.8, 4) is 0 Å². The van der Waals surface area contributed by atoms with E-state index in [0.29, 0.717) is 13.1 Å². The Hall–Kier alpha value is -0.170. The predicted molar refractivity (Wildman–Crippen MR) is 74.9 cm³/mol. The Bertz CT molecular complexity index is 377. The van der Waals surface area contributed by atoms with Gasteiger partial charge in [0.1, 0.15) is 0 Å². The fourth-order valence-electron chi connectivity index (χ4n) is 3.06. The summed E-state index contributed by atoms with van der Waals surface area (Å²) >= 11 is 0. The van der Waals surface area contributed by atoms with Crippen LogP contribution in [0.15, 0.2) is 0 Å². The normalized spacial score (nSPS) is 34.3. The third kappa shape index (κ3) is 4.15. The van der Waals surface area contributed by atoms with Gasteiger partial charge < -0.3 is 5.11 Å². The van der Waals surface area contributed by atoms with E-state index < -0.39 is 10.2 Å². The van der Waals surface area contributed by atoms with Crippen molar-refractivity contribution in [3.63, 3.8) is 0 Å². The number of nitrogens with one attached hydrogen (secondary N) is 1. The van der Waals surface area contributed by atoms with Crippen molar-refractivity contribution in [1.29, 1.82) is 0 Å². The molecular formula is C13H26N2O3S. The minimum atomic E-state index is -3.37. The SMILES string of the molecule is CC1CCC(NS(=O)(=O)N2CCCC(CO)C2)CC1. The van der Waals surface area contributed by atoms with Crippen LogP contribution in [0.5, 0.6) is 0 Å². The molecule has 112 valence electrons. The van der Waals surface area contributed by atoms with E-state index in [0.717, 1.165) is 44.4 Å². The summed E-state index contributed by atoms with van der Waals surface area (Å²) in [7, 11) is -3.37. The number of hydrogen-bond donors (Lipinski definition) is 2. The highest BCUT2D eigenvalue weighted by molar-refractivity contribution is 7.87. The quantitative estimate of drug-likeness (QED) is 0.814. The van der Waals surface area contributed by atoms with Crippen LogP contribution >= 0.6 is 0 Å². The Morgan fingerprint density at radius 1 is 1.21 bits per heavy atom. The molecule has 0 amide bonds. The zero-order chi connectivity index (χ0) is 13.9. The van der Waals surface area contributed by atoms with Crippen LogP contribution in [0, 0.1) is 11.8 Å². The van der Waals surface area contributed by atoms with Gasteiger partial charge in [0.25, 0.3) is 10.2 Å². The Labute approximate surface area is 116 Å². The van der Waals surface area contributed by atoms with E-state index in [9.17, 15) is 13.5 Å². The average Bonchev–Trinajstić information content (AvgIpc) is 2.41. The molecule has 0 aromatic carbocycles. The van der Waals surface area contributed by atoms with Crippen molar-refractivity contribution in [2.75, 3.05) is 19.7 Å². The number of hydrogen-bond acceptors (Lipinski definition) is 3. The second-order valence-electron chi connectivity index (χ2n) is 6.13. The molecule has 1 heterocycles. The van der Waals surface area contributed by atoms with Crippen LogP contribution in [-0.2, 0) is 10.2 Å². The van der Waals surface area contributed by atoms with Crippen molar-refractivity contribution in [2.45, 2.75) is 51.5 Å². The number of aliphatic hydroxyl groups excluding tert-OH is 1. The second kappa shape index (κ2) is 6.52. The molecule has 1 aliphatic heterocycles. The van der Waals surface area contributed by atoms with Gasteiger partial charge in [0, 0.05) is 25.7 Å². The second-order valence-corrected chi connectivity index (χ2v) is 7.83. The lowest BCUT2D eigenvalue weighted by atomic mass is 9.88. The highest BCUT2D eigenvalue weighted by Gasteiger charge is 2.31. The largest absolute Gasteiger partial charge is 0.396 e. The molecule has 2 rings (SSSR count). The minimum absolute atomic E-state index is 0.0764. The number of rotatable bonds is 4. The van der Waals surface area contributed by atoms with Crippen molar-refractivity contribution in [3.05, 3.63) is 0 Å². The van der Waals surface area contributed by atoms with Crippen LogP contribution < -0.4 is 4.72 Å². The maximum Gasteiger partial charge on any atom is 0.279 e. The molecule has 2 aliphatic rings. The van der Waals surface area contributed by atoms with Crippen molar-refractivity contribution < 1.29 is 13.5 Å². The summed E-state index contributed by atoms with van der Waals surface area (Å²) in [6.45, 7) is 3.33. The first kappa shape index (κ1) is 15.2. The van der Waals surface area contributed by atoms with E-state index in [-0.39, 0.29) is 18.6 Å². The number of nitrogens with zero attached hydrogens (tertiary/aromatic N) is 1. The molecule has 1 aliphatic carbocycles. The third-order valence-corrected chi connectivity index (χ3v) is 6.05. The van der Waals surface area contributed by atoms with Crippen LogP contribution in [0.25, 0.3) is 0 Å². The first-order chi connectivity index (χ1) is 9.01. The molecule has 0 aromatic rings. The van der Waals surface area contributed by atoms with E-state index in [1.54, 1.807) is 0 Å². The summed E-state index contributed by atoms with van der Waals surface area (Å²) in [4.78, 5) is 0. The molecule has 5 nitrogen and oxygen atoms in total. The van der Waals surface area contributed by atoms with Gasteiger partial charge in [-0.25, -0.2) is 0 Å². The highest BCUT2D eigenvalue weighted by atomic mass is 32.2. The number of aliphatic hydroxyl groups is 1. The van der Waals surface area contributed by atoms with E-state index in [4.69, 9.17) is 0 Å². The maximum atomic E-state index is 12.3. The standard InChI is InChI=1S/C13H26N2O3S/c1-11-4-6-13(7-5-11)14-19(17,18)15-8-2-3-12(9-15)10-16/h11-14,16H,2-10H2,1H3. The van der Waals surface area contributed by atoms with Gasteiger partial charge >= 0.3 is 0 Å². The van der Waals surface area contributed by atoms with Crippen LogP contribution in [0.4, 0.5) is 0 Å². The Morgan fingerprint density at radius 3 is 2.53 bits per heavy atom. The molecule has 0 bridgehead atoms. The molecule has 0 radical (unpaired) electrons. The monoisotopic (exact) mass is 290 g/mol. The molecular weight excluding hydrogens is 264 g/mol.